The van der Waals surface area contributed by atoms with Gasteiger partial charge in [-0.15, -0.1) is 0 Å². The molecule has 1 aromatic heterocycles. The highest BCUT2D eigenvalue weighted by Gasteiger charge is 2.28. The topological polar surface area (TPSA) is 76.0 Å². The Morgan fingerprint density at radius 1 is 1.17 bits per heavy atom. The maximum absolute atomic E-state index is 14.3. The Hall–Kier alpha value is -3.19. The number of para-hydroxylation sites is 1. The predicted octanol–water partition coefficient (Wildman–Crippen LogP) is 4.75. The van der Waals surface area contributed by atoms with Crippen molar-refractivity contribution in [2.24, 2.45) is 0 Å². The zero-order valence-corrected chi connectivity index (χ0v) is 17.1. The van der Waals surface area contributed by atoms with Crippen LogP contribution in [0.3, 0.4) is 0 Å². The van der Waals surface area contributed by atoms with Gasteiger partial charge in [-0.25, -0.2) is 9.07 Å². The molecule has 2 amide bonds. The third kappa shape index (κ3) is 3.80. The molecule has 2 aromatic carbocycles. The molecular formula is C22H20ClFN4O2. The van der Waals surface area contributed by atoms with Gasteiger partial charge in [-0.05, 0) is 49.6 Å². The number of carbonyl (C=O) groups is 2. The minimum Gasteiger partial charge on any atom is -0.326 e. The van der Waals surface area contributed by atoms with E-state index in [1.54, 1.807) is 43.3 Å². The number of benzene rings is 2. The summed E-state index contributed by atoms with van der Waals surface area (Å²) >= 11 is 6.23. The van der Waals surface area contributed by atoms with E-state index >= 15 is 0 Å². The number of hydrogen-bond acceptors (Lipinski definition) is 3. The predicted molar refractivity (Wildman–Crippen MR) is 114 cm³/mol. The van der Waals surface area contributed by atoms with E-state index in [0.717, 1.165) is 24.1 Å². The van der Waals surface area contributed by atoms with Gasteiger partial charge < -0.3 is 10.6 Å². The molecule has 8 heteroatoms. The first-order valence-electron chi connectivity index (χ1n) is 9.74. The normalized spacial score (nSPS) is 12.5. The fourth-order valence-electron chi connectivity index (χ4n) is 3.57. The molecular weight excluding hydrogens is 407 g/mol. The molecule has 154 valence electrons. The van der Waals surface area contributed by atoms with E-state index in [4.69, 9.17) is 11.6 Å². The Morgan fingerprint density at radius 2 is 1.97 bits per heavy atom. The van der Waals surface area contributed by atoms with Gasteiger partial charge in [-0.3, -0.25) is 9.59 Å². The molecule has 0 spiro atoms. The number of nitrogens with zero attached hydrogens (tertiary/aromatic N) is 2. The van der Waals surface area contributed by atoms with E-state index in [-0.39, 0.29) is 11.6 Å². The molecule has 1 heterocycles. The molecule has 2 N–H and O–H groups in total. The average molecular weight is 427 g/mol. The Labute approximate surface area is 178 Å². The SMILES string of the molecule is CCC(=O)Nc1ccc(Cl)c(NC(=O)c2nn(-c3ccccc3F)c3c2CCC3)c1. The number of aromatic nitrogens is 2. The van der Waals surface area contributed by atoms with Crippen LogP contribution in [0, 0.1) is 5.82 Å². The highest BCUT2D eigenvalue weighted by molar-refractivity contribution is 6.34. The van der Waals surface area contributed by atoms with Gasteiger partial charge in [0.2, 0.25) is 5.91 Å². The van der Waals surface area contributed by atoms with Gasteiger partial charge in [-0.1, -0.05) is 30.7 Å². The van der Waals surface area contributed by atoms with E-state index in [2.05, 4.69) is 15.7 Å². The Bertz CT molecular complexity index is 1140. The zero-order valence-electron chi connectivity index (χ0n) is 16.3. The molecule has 1 aliphatic rings. The van der Waals surface area contributed by atoms with E-state index in [1.807, 2.05) is 0 Å². The van der Waals surface area contributed by atoms with Crippen LogP contribution in [-0.4, -0.2) is 21.6 Å². The smallest absolute Gasteiger partial charge is 0.276 e. The number of hydrogen-bond donors (Lipinski definition) is 2. The van der Waals surface area contributed by atoms with E-state index in [0.29, 0.717) is 34.9 Å². The average Bonchev–Trinajstić information content (AvgIpc) is 3.34. The maximum Gasteiger partial charge on any atom is 0.276 e. The highest BCUT2D eigenvalue weighted by atomic mass is 35.5. The van der Waals surface area contributed by atoms with Crippen molar-refractivity contribution >= 4 is 34.8 Å². The summed E-state index contributed by atoms with van der Waals surface area (Å²) in [6.45, 7) is 1.75. The lowest BCUT2D eigenvalue weighted by molar-refractivity contribution is -0.115. The van der Waals surface area contributed by atoms with Crippen LogP contribution in [0.25, 0.3) is 5.69 Å². The second-order valence-corrected chi connectivity index (χ2v) is 7.45. The highest BCUT2D eigenvalue weighted by Crippen LogP contribution is 2.31. The molecule has 0 aliphatic heterocycles. The first kappa shape index (κ1) is 20.1. The van der Waals surface area contributed by atoms with Crippen molar-refractivity contribution in [2.45, 2.75) is 32.6 Å². The lowest BCUT2D eigenvalue weighted by atomic mass is 10.2. The summed E-state index contributed by atoms with van der Waals surface area (Å²) in [6, 6.07) is 11.2. The van der Waals surface area contributed by atoms with Crippen molar-refractivity contribution < 1.29 is 14.0 Å². The van der Waals surface area contributed by atoms with Gasteiger partial charge in [0, 0.05) is 23.4 Å². The number of anilines is 2. The first-order valence-corrected chi connectivity index (χ1v) is 10.1. The van der Waals surface area contributed by atoms with Gasteiger partial charge in [0.05, 0.1) is 10.7 Å². The third-order valence-electron chi connectivity index (χ3n) is 5.05. The Kier molecular flexibility index (Phi) is 5.55. The van der Waals surface area contributed by atoms with Crippen LogP contribution in [0.5, 0.6) is 0 Å². The number of amides is 2. The summed E-state index contributed by atoms with van der Waals surface area (Å²) in [6.07, 6.45) is 2.64. The van der Waals surface area contributed by atoms with Gasteiger partial charge in [0.25, 0.3) is 5.91 Å². The van der Waals surface area contributed by atoms with Crippen molar-refractivity contribution in [2.75, 3.05) is 10.6 Å². The molecule has 0 unspecified atom stereocenters. The largest absolute Gasteiger partial charge is 0.326 e. The van der Waals surface area contributed by atoms with Crippen molar-refractivity contribution in [3.05, 3.63) is 70.3 Å². The summed E-state index contributed by atoms with van der Waals surface area (Å²) in [5, 5.41) is 10.3. The van der Waals surface area contributed by atoms with Gasteiger partial charge in [-0.2, -0.15) is 5.10 Å². The van der Waals surface area contributed by atoms with Crippen LogP contribution in [0.4, 0.5) is 15.8 Å². The van der Waals surface area contributed by atoms with Crippen LogP contribution in [-0.2, 0) is 17.6 Å². The van der Waals surface area contributed by atoms with Gasteiger partial charge >= 0.3 is 0 Å². The molecule has 30 heavy (non-hydrogen) atoms. The number of nitrogens with one attached hydrogen (secondary N) is 2. The molecule has 0 radical (unpaired) electrons. The van der Waals surface area contributed by atoms with Crippen LogP contribution < -0.4 is 10.6 Å². The van der Waals surface area contributed by atoms with E-state index in [1.165, 1.54) is 10.7 Å². The van der Waals surface area contributed by atoms with Gasteiger partial charge in [0.15, 0.2) is 5.69 Å². The van der Waals surface area contributed by atoms with Crippen molar-refractivity contribution in [1.82, 2.24) is 9.78 Å². The van der Waals surface area contributed by atoms with Crippen molar-refractivity contribution in [1.29, 1.82) is 0 Å². The number of carbonyl (C=O) groups excluding carboxylic acids is 2. The fraction of sp³-hybridized carbons (Fsp3) is 0.227. The molecule has 1 aliphatic carbocycles. The summed E-state index contributed by atoms with van der Waals surface area (Å²) in [5.41, 5.74) is 3.14. The third-order valence-corrected chi connectivity index (χ3v) is 5.37. The molecule has 0 fully saturated rings. The quantitative estimate of drug-likeness (QED) is 0.617. The minimum absolute atomic E-state index is 0.143. The number of rotatable bonds is 5. The van der Waals surface area contributed by atoms with Crippen LogP contribution in [0.15, 0.2) is 42.5 Å². The first-order chi connectivity index (χ1) is 14.5. The summed E-state index contributed by atoms with van der Waals surface area (Å²) in [4.78, 5) is 24.7. The monoisotopic (exact) mass is 426 g/mol. The number of fused-ring (bicyclic) bond motifs is 1. The summed E-state index contributed by atoms with van der Waals surface area (Å²) < 4.78 is 15.8. The molecule has 0 atom stereocenters. The summed E-state index contributed by atoms with van der Waals surface area (Å²) in [5.74, 6) is -0.968. The maximum atomic E-state index is 14.3. The Morgan fingerprint density at radius 3 is 2.73 bits per heavy atom. The van der Waals surface area contributed by atoms with E-state index < -0.39 is 11.7 Å². The lowest BCUT2D eigenvalue weighted by Gasteiger charge is -2.10. The molecule has 0 saturated heterocycles. The molecule has 0 bridgehead atoms. The van der Waals surface area contributed by atoms with Crippen molar-refractivity contribution in [3.8, 4) is 5.69 Å². The van der Waals surface area contributed by atoms with Crippen LogP contribution in [0.2, 0.25) is 5.02 Å². The molecule has 6 nitrogen and oxygen atoms in total. The summed E-state index contributed by atoms with van der Waals surface area (Å²) in [7, 11) is 0. The molecule has 3 aromatic rings. The number of halogens is 2. The molecule has 0 saturated carbocycles. The Balaban J connectivity index is 1.65. The lowest BCUT2D eigenvalue weighted by Crippen LogP contribution is -2.16. The fourth-order valence-corrected chi connectivity index (χ4v) is 3.74. The van der Waals surface area contributed by atoms with Crippen molar-refractivity contribution in [3.63, 3.8) is 0 Å². The second kappa shape index (κ2) is 8.28. The van der Waals surface area contributed by atoms with E-state index in [9.17, 15) is 14.0 Å². The van der Waals surface area contributed by atoms with Gasteiger partial charge in [0.1, 0.15) is 11.5 Å². The minimum atomic E-state index is -0.427. The molecule has 4 rings (SSSR count). The zero-order chi connectivity index (χ0) is 21.3. The second-order valence-electron chi connectivity index (χ2n) is 7.04. The van der Waals surface area contributed by atoms with Crippen LogP contribution >= 0.6 is 11.6 Å². The standard InChI is InChI=1S/C22H20ClFN4O2/c1-2-20(29)25-13-10-11-15(23)17(12-13)26-22(30)21-14-6-5-9-18(14)28(27-21)19-8-4-3-7-16(19)24/h3-4,7-8,10-12H,2,5-6,9H2,1H3,(H,25,29)(H,26,30). The van der Waals surface area contributed by atoms with Crippen LogP contribution in [0.1, 0.15) is 41.5 Å².